The predicted octanol–water partition coefficient (Wildman–Crippen LogP) is 5.00. The lowest BCUT2D eigenvalue weighted by Gasteiger charge is -2.15. The fourth-order valence-electron chi connectivity index (χ4n) is 3.01. The summed E-state index contributed by atoms with van der Waals surface area (Å²) < 4.78 is 14.1. The molecule has 0 unspecified atom stereocenters. The molecule has 1 aliphatic heterocycles. The van der Waals surface area contributed by atoms with Gasteiger partial charge in [-0.3, -0.25) is 0 Å². The normalized spacial score (nSPS) is 11.7. The van der Waals surface area contributed by atoms with Crippen molar-refractivity contribution in [3.8, 4) is 22.8 Å². The second-order valence-electron chi connectivity index (χ2n) is 6.54. The third-order valence-corrected chi connectivity index (χ3v) is 4.16. The first-order chi connectivity index (χ1) is 11.4. The molecule has 24 heavy (non-hydrogen) atoms. The summed E-state index contributed by atoms with van der Waals surface area (Å²) in [6.07, 6.45) is 0.0866. The van der Waals surface area contributed by atoms with Gasteiger partial charge in [0, 0.05) is 12.1 Å². The summed E-state index contributed by atoms with van der Waals surface area (Å²) in [6.45, 7) is 8.01. The Balaban J connectivity index is 2.36. The third kappa shape index (κ3) is 3.01. The largest absolute Gasteiger partial charge is 0.487 e. The average molecular weight is 345 g/mol. The Morgan fingerprint density at radius 1 is 0.917 bits per heavy atom. The zero-order valence-corrected chi connectivity index (χ0v) is 15.5. The predicted molar refractivity (Wildman–Crippen MR) is 98.3 cm³/mol. The molecule has 0 radical (unpaired) electrons. The van der Waals surface area contributed by atoms with Crippen molar-refractivity contribution in [3.63, 3.8) is 0 Å². The highest BCUT2D eigenvalue weighted by Crippen LogP contribution is 2.41. The molecule has 4 heteroatoms. The fraction of sp³-hybridized carbons (Fsp3) is 0.350. The molecule has 1 aliphatic carbocycles. The number of aryl methyl sites for hydroxylation is 1. The van der Waals surface area contributed by atoms with E-state index < -0.39 is 0 Å². The lowest BCUT2D eigenvalue weighted by Crippen LogP contribution is -2.28. The summed E-state index contributed by atoms with van der Waals surface area (Å²) in [5.74, 6) is 1.39. The van der Waals surface area contributed by atoms with Gasteiger partial charge in [-0.1, -0.05) is 23.7 Å². The van der Waals surface area contributed by atoms with Crippen molar-refractivity contribution in [1.29, 1.82) is 0 Å². The first-order valence-corrected chi connectivity index (χ1v) is 8.63. The molecule has 0 bridgehead atoms. The van der Waals surface area contributed by atoms with Gasteiger partial charge >= 0.3 is 0 Å². The molecular formula is C20H23ClNO2+. The van der Waals surface area contributed by atoms with Crippen molar-refractivity contribution in [2.24, 2.45) is 7.05 Å². The summed E-state index contributed by atoms with van der Waals surface area (Å²) in [4.78, 5) is 0. The molecule has 2 aliphatic rings. The van der Waals surface area contributed by atoms with Crippen LogP contribution in [-0.2, 0) is 7.05 Å². The van der Waals surface area contributed by atoms with Gasteiger partial charge in [0.25, 0.3) is 0 Å². The summed E-state index contributed by atoms with van der Waals surface area (Å²) in [6, 6.07) is 12.2. The Labute approximate surface area is 148 Å². The van der Waals surface area contributed by atoms with Crippen LogP contribution >= 0.6 is 11.6 Å². The van der Waals surface area contributed by atoms with Crippen molar-refractivity contribution in [3.05, 3.63) is 41.4 Å². The van der Waals surface area contributed by atoms with Crippen LogP contribution in [0.3, 0.4) is 0 Å². The fourth-order valence-corrected chi connectivity index (χ4v) is 3.33. The van der Waals surface area contributed by atoms with E-state index in [1.807, 2.05) is 59.0 Å². The zero-order valence-electron chi connectivity index (χ0n) is 14.8. The Hall–Kier alpha value is -2.00. The van der Waals surface area contributed by atoms with E-state index in [2.05, 4.69) is 16.7 Å². The highest BCUT2D eigenvalue weighted by molar-refractivity contribution is 6.33. The number of nitrogens with zero attached hydrogens (tertiary/aromatic N) is 1. The van der Waals surface area contributed by atoms with Crippen LogP contribution in [0.15, 0.2) is 36.4 Å². The lowest BCUT2D eigenvalue weighted by atomic mass is 10.1. The second-order valence-corrected chi connectivity index (χ2v) is 6.94. The van der Waals surface area contributed by atoms with Crippen LogP contribution in [0.2, 0.25) is 5.02 Å². The number of hydrogen-bond acceptors (Lipinski definition) is 2. The van der Waals surface area contributed by atoms with Crippen molar-refractivity contribution < 1.29 is 14.0 Å². The van der Waals surface area contributed by atoms with E-state index in [4.69, 9.17) is 21.1 Å². The molecule has 3 nitrogen and oxygen atoms in total. The standard InChI is InChI=1S/C20H23ClNO2/c1-12(2)23-18-10-15-14-8-6-7-9-17(14)22(5)20(15)16(21)11-19(18)24-13(3)4/h6-13H,1-5H3/q+1. The molecule has 1 aromatic carbocycles. The highest BCUT2D eigenvalue weighted by Gasteiger charge is 2.27. The quantitative estimate of drug-likeness (QED) is 0.622. The van der Waals surface area contributed by atoms with Crippen LogP contribution in [0, 0.1) is 0 Å². The van der Waals surface area contributed by atoms with Crippen LogP contribution in [0.5, 0.6) is 11.5 Å². The Kier molecular flexibility index (Phi) is 4.55. The molecular weight excluding hydrogens is 322 g/mol. The maximum absolute atomic E-state index is 6.66. The molecule has 0 atom stereocenters. The van der Waals surface area contributed by atoms with Crippen LogP contribution < -0.4 is 14.0 Å². The van der Waals surface area contributed by atoms with Gasteiger partial charge < -0.3 is 9.47 Å². The van der Waals surface area contributed by atoms with Gasteiger partial charge in [-0.05, 0) is 39.8 Å². The van der Waals surface area contributed by atoms with Gasteiger partial charge in [0.15, 0.2) is 11.5 Å². The maximum Gasteiger partial charge on any atom is 0.232 e. The number of para-hydroxylation sites is 1. The number of rotatable bonds is 4. The van der Waals surface area contributed by atoms with E-state index in [1.165, 1.54) is 0 Å². The van der Waals surface area contributed by atoms with E-state index in [1.54, 1.807) is 0 Å². The summed E-state index contributed by atoms with van der Waals surface area (Å²) in [7, 11) is 2.03. The first-order valence-electron chi connectivity index (χ1n) is 8.25. The van der Waals surface area contributed by atoms with Gasteiger partial charge in [0.2, 0.25) is 11.2 Å². The first kappa shape index (κ1) is 16.8. The summed E-state index contributed by atoms with van der Waals surface area (Å²) in [5.41, 5.74) is 3.18. The van der Waals surface area contributed by atoms with E-state index in [0.29, 0.717) is 16.5 Å². The third-order valence-electron chi connectivity index (χ3n) is 3.87. The van der Waals surface area contributed by atoms with Crippen molar-refractivity contribution in [2.45, 2.75) is 39.9 Å². The van der Waals surface area contributed by atoms with E-state index in [9.17, 15) is 0 Å². The van der Waals surface area contributed by atoms with Crippen LogP contribution in [0.4, 0.5) is 0 Å². The van der Waals surface area contributed by atoms with Gasteiger partial charge in [0.1, 0.15) is 12.1 Å². The smallest absolute Gasteiger partial charge is 0.232 e. The molecule has 0 amide bonds. The Morgan fingerprint density at radius 2 is 1.50 bits per heavy atom. The van der Waals surface area contributed by atoms with Gasteiger partial charge in [-0.25, -0.2) is 0 Å². The second kappa shape index (κ2) is 6.48. The summed E-state index contributed by atoms with van der Waals surface area (Å²) >= 11 is 6.66. The molecule has 126 valence electrons. The number of hydrogen-bond donors (Lipinski definition) is 0. The molecule has 0 spiro atoms. The van der Waals surface area contributed by atoms with E-state index in [-0.39, 0.29) is 12.2 Å². The Morgan fingerprint density at radius 3 is 2.12 bits per heavy atom. The van der Waals surface area contributed by atoms with E-state index in [0.717, 1.165) is 22.2 Å². The minimum absolute atomic E-state index is 0.0397. The molecule has 0 N–H and O–H groups in total. The molecule has 3 rings (SSSR count). The molecule has 0 aromatic heterocycles. The minimum Gasteiger partial charge on any atom is -0.487 e. The number of halogens is 1. The molecule has 0 fully saturated rings. The van der Waals surface area contributed by atoms with Crippen molar-refractivity contribution in [1.82, 2.24) is 0 Å². The van der Waals surface area contributed by atoms with E-state index >= 15 is 0 Å². The monoisotopic (exact) mass is 344 g/mol. The topological polar surface area (TPSA) is 22.3 Å². The number of aromatic nitrogens is 1. The van der Waals surface area contributed by atoms with Gasteiger partial charge in [-0.15, -0.1) is 0 Å². The van der Waals surface area contributed by atoms with Gasteiger partial charge in [-0.2, -0.15) is 4.57 Å². The number of ether oxygens (including phenoxy) is 2. The Bertz CT molecular complexity index is 858. The van der Waals surface area contributed by atoms with Crippen molar-refractivity contribution >= 4 is 22.5 Å². The number of fused-ring (bicyclic) bond motifs is 3. The van der Waals surface area contributed by atoms with Crippen LogP contribution in [-0.4, -0.2) is 12.2 Å². The molecule has 1 aromatic rings. The highest BCUT2D eigenvalue weighted by atomic mass is 35.5. The SMILES string of the molecule is CC(C)Oc1cc(Cl)c2[n+](C)c3ccccc3c-2cc1OC(C)C. The van der Waals surface area contributed by atoms with Crippen LogP contribution in [0.25, 0.3) is 22.2 Å². The molecule has 1 heterocycles. The lowest BCUT2D eigenvalue weighted by molar-refractivity contribution is -0.631. The summed E-state index contributed by atoms with van der Waals surface area (Å²) in [5, 5.41) is 1.80. The maximum atomic E-state index is 6.66. The van der Waals surface area contributed by atoms with Crippen molar-refractivity contribution in [2.75, 3.05) is 0 Å². The van der Waals surface area contributed by atoms with Crippen LogP contribution in [0.1, 0.15) is 27.7 Å². The minimum atomic E-state index is 0.0397. The zero-order chi connectivity index (χ0) is 17.4. The number of benzene rings is 1. The molecule has 0 saturated carbocycles. The average Bonchev–Trinajstić information content (AvgIpc) is 2.70. The van der Waals surface area contributed by atoms with Gasteiger partial charge in [0.05, 0.1) is 23.2 Å². The molecule has 0 saturated heterocycles.